The van der Waals surface area contributed by atoms with Crippen molar-refractivity contribution in [1.29, 1.82) is 0 Å². The molecule has 0 saturated carbocycles. The van der Waals surface area contributed by atoms with E-state index in [4.69, 9.17) is 5.73 Å². The summed E-state index contributed by atoms with van der Waals surface area (Å²) in [4.78, 5) is 0. The first-order chi connectivity index (χ1) is 10.3. The lowest BCUT2D eigenvalue weighted by molar-refractivity contribution is -0.0709. The van der Waals surface area contributed by atoms with E-state index in [0.29, 0.717) is 6.04 Å². The quantitative estimate of drug-likeness (QED) is 0.232. The Morgan fingerprint density at radius 1 is 1.00 bits per heavy atom. The summed E-state index contributed by atoms with van der Waals surface area (Å²) in [6.07, 6.45) is 3.16. The summed E-state index contributed by atoms with van der Waals surface area (Å²) in [5, 5.41) is 15.2. The first-order valence-electron chi connectivity index (χ1n) is 8.81. The number of rotatable bonds is 13. The van der Waals surface area contributed by atoms with E-state index in [0.717, 1.165) is 32.5 Å². The second-order valence-corrected chi connectivity index (χ2v) is 6.36. The van der Waals surface area contributed by atoms with Crippen molar-refractivity contribution >= 4 is 0 Å². The van der Waals surface area contributed by atoms with E-state index in [9.17, 15) is 0 Å². The zero-order chi connectivity index (χ0) is 17.2. The standard InChI is InChI=1S/C16H40N6/c1-8-11-13-19-16(18-12-9-2,20-14(4)5)15(17)22(10-3)21(6)7/h14-15,18-20H,8-13,17H2,1-7H3. The van der Waals surface area contributed by atoms with E-state index in [-0.39, 0.29) is 6.17 Å². The maximum atomic E-state index is 6.68. The predicted molar refractivity (Wildman–Crippen MR) is 96.2 cm³/mol. The van der Waals surface area contributed by atoms with Gasteiger partial charge in [-0.25, -0.2) is 10.0 Å². The van der Waals surface area contributed by atoms with E-state index in [1.54, 1.807) is 0 Å². The molecule has 0 spiro atoms. The molecule has 2 unspecified atom stereocenters. The Labute approximate surface area is 138 Å². The summed E-state index contributed by atoms with van der Waals surface area (Å²) in [6, 6.07) is 0.324. The first kappa shape index (κ1) is 21.8. The minimum absolute atomic E-state index is 0.210. The lowest BCUT2D eigenvalue weighted by atomic mass is 10.1. The first-order valence-corrected chi connectivity index (χ1v) is 8.81. The fraction of sp³-hybridized carbons (Fsp3) is 1.00. The number of nitrogens with one attached hydrogen (secondary N) is 3. The molecule has 6 heteroatoms. The number of nitrogens with zero attached hydrogens (tertiary/aromatic N) is 2. The molecule has 0 aliphatic carbocycles. The van der Waals surface area contributed by atoms with Crippen molar-refractivity contribution < 1.29 is 0 Å². The van der Waals surface area contributed by atoms with Gasteiger partial charge in [0.15, 0.2) is 5.79 Å². The normalized spacial score (nSPS) is 16.5. The average Bonchev–Trinajstić information content (AvgIpc) is 2.44. The fourth-order valence-electron chi connectivity index (χ4n) is 2.65. The van der Waals surface area contributed by atoms with Crippen LogP contribution in [0.3, 0.4) is 0 Å². The molecule has 5 N–H and O–H groups in total. The number of hydrogen-bond donors (Lipinski definition) is 4. The molecular formula is C16H40N6. The smallest absolute Gasteiger partial charge is 0.154 e. The molecule has 0 aliphatic rings. The lowest BCUT2D eigenvalue weighted by Gasteiger charge is -2.48. The summed E-state index contributed by atoms with van der Waals surface area (Å²) in [7, 11) is 4.07. The molecule has 6 nitrogen and oxygen atoms in total. The second-order valence-electron chi connectivity index (χ2n) is 6.36. The zero-order valence-corrected chi connectivity index (χ0v) is 15.9. The Kier molecular flexibility index (Phi) is 11.2. The van der Waals surface area contributed by atoms with Crippen LogP contribution in [0.2, 0.25) is 0 Å². The molecule has 0 saturated heterocycles. The van der Waals surface area contributed by atoms with E-state index in [1.165, 1.54) is 6.42 Å². The van der Waals surface area contributed by atoms with Gasteiger partial charge >= 0.3 is 0 Å². The highest BCUT2D eigenvalue weighted by atomic mass is 15.7. The number of nitrogens with two attached hydrogens (primary N) is 1. The third kappa shape index (κ3) is 6.89. The zero-order valence-electron chi connectivity index (χ0n) is 15.9. The number of hydrazine groups is 1. The molecule has 0 aliphatic heterocycles. The topological polar surface area (TPSA) is 68.6 Å². The van der Waals surface area contributed by atoms with Crippen LogP contribution < -0.4 is 21.7 Å². The SMILES string of the molecule is CCCCNC(NCCC)(NC(C)C)C(N)N(CC)N(C)C. The van der Waals surface area contributed by atoms with Crippen molar-refractivity contribution in [2.24, 2.45) is 5.73 Å². The van der Waals surface area contributed by atoms with Crippen molar-refractivity contribution in [3.8, 4) is 0 Å². The molecular weight excluding hydrogens is 276 g/mol. The molecule has 22 heavy (non-hydrogen) atoms. The van der Waals surface area contributed by atoms with Gasteiger partial charge in [0.1, 0.15) is 6.17 Å². The molecule has 0 fully saturated rings. The van der Waals surface area contributed by atoms with Gasteiger partial charge < -0.3 is 5.73 Å². The molecule has 0 rings (SSSR count). The van der Waals surface area contributed by atoms with Gasteiger partial charge in [0.25, 0.3) is 0 Å². The third-order valence-corrected chi connectivity index (χ3v) is 3.71. The van der Waals surface area contributed by atoms with E-state index < -0.39 is 5.79 Å². The second kappa shape index (κ2) is 11.3. The molecule has 0 radical (unpaired) electrons. The van der Waals surface area contributed by atoms with E-state index >= 15 is 0 Å². The lowest BCUT2D eigenvalue weighted by Crippen LogP contribution is -2.80. The monoisotopic (exact) mass is 316 g/mol. The maximum absolute atomic E-state index is 6.68. The summed E-state index contributed by atoms with van der Waals surface area (Å²) in [5.41, 5.74) is 6.68. The van der Waals surface area contributed by atoms with Crippen LogP contribution in [0, 0.1) is 0 Å². The van der Waals surface area contributed by atoms with Crippen molar-refractivity contribution in [1.82, 2.24) is 26.0 Å². The van der Waals surface area contributed by atoms with Crippen LogP contribution in [-0.2, 0) is 0 Å². The Morgan fingerprint density at radius 2 is 1.59 bits per heavy atom. The van der Waals surface area contributed by atoms with Crippen LogP contribution in [0.5, 0.6) is 0 Å². The number of unbranched alkanes of at least 4 members (excludes halogenated alkanes) is 1. The molecule has 0 amide bonds. The number of likely N-dealkylation sites (N-methyl/N-ethyl adjacent to an activating group) is 1. The summed E-state index contributed by atoms with van der Waals surface area (Å²) in [6.45, 7) is 13.5. The van der Waals surface area contributed by atoms with Crippen molar-refractivity contribution in [2.45, 2.75) is 71.9 Å². The van der Waals surface area contributed by atoms with E-state index in [2.05, 4.69) is 60.6 Å². The molecule has 134 valence electrons. The van der Waals surface area contributed by atoms with Gasteiger partial charge in [-0.05, 0) is 39.8 Å². The highest BCUT2D eigenvalue weighted by molar-refractivity contribution is 4.93. The van der Waals surface area contributed by atoms with Gasteiger partial charge in [0.2, 0.25) is 0 Å². The van der Waals surface area contributed by atoms with Crippen molar-refractivity contribution in [3.05, 3.63) is 0 Å². The molecule has 0 aromatic rings. The summed E-state index contributed by atoms with van der Waals surface area (Å²) >= 11 is 0. The molecule has 0 aromatic carbocycles. The van der Waals surface area contributed by atoms with E-state index in [1.807, 2.05) is 14.1 Å². The highest BCUT2D eigenvalue weighted by Gasteiger charge is 2.39. The third-order valence-electron chi connectivity index (χ3n) is 3.71. The molecule has 0 heterocycles. The van der Waals surface area contributed by atoms with Crippen molar-refractivity contribution in [3.63, 3.8) is 0 Å². The Morgan fingerprint density at radius 3 is 2.00 bits per heavy atom. The van der Waals surface area contributed by atoms with Gasteiger partial charge in [-0.1, -0.05) is 27.2 Å². The van der Waals surface area contributed by atoms with Crippen LogP contribution in [0.15, 0.2) is 0 Å². The Hall–Kier alpha value is -0.240. The summed E-state index contributed by atoms with van der Waals surface area (Å²) < 4.78 is 0. The van der Waals surface area contributed by atoms with Crippen LogP contribution >= 0.6 is 0 Å². The van der Waals surface area contributed by atoms with Gasteiger partial charge in [-0.2, -0.15) is 0 Å². The summed E-state index contributed by atoms with van der Waals surface area (Å²) in [5.74, 6) is -0.500. The van der Waals surface area contributed by atoms with Crippen LogP contribution in [0.25, 0.3) is 0 Å². The van der Waals surface area contributed by atoms with Crippen LogP contribution in [-0.4, -0.2) is 61.7 Å². The fourth-order valence-corrected chi connectivity index (χ4v) is 2.65. The molecule has 0 aromatic heterocycles. The van der Waals surface area contributed by atoms with Gasteiger partial charge in [-0.3, -0.25) is 16.0 Å². The maximum Gasteiger partial charge on any atom is 0.154 e. The van der Waals surface area contributed by atoms with Crippen LogP contribution in [0.1, 0.15) is 53.9 Å². The Bertz CT molecular complexity index is 271. The molecule has 2 atom stereocenters. The Balaban J connectivity index is 5.34. The van der Waals surface area contributed by atoms with Crippen molar-refractivity contribution in [2.75, 3.05) is 33.7 Å². The number of hydrogen-bond acceptors (Lipinski definition) is 6. The van der Waals surface area contributed by atoms with Gasteiger partial charge in [0.05, 0.1) is 0 Å². The highest BCUT2D eigenvalue weighted by Crippen LogP contribution is 2.11. The van der Waals surface area contributed by atoms with Gasteiger partial charge in [0, 0.05) is 26.7 Å². The average molecular weight is 317 g/mol. The molecule has 0 bridgehead atoms. The minimum atomic E-state index is -0.500. The minimum Gasteiger partial charge on any atom is -0.311 e. The van der Waals surface area contributed by atoms with Crippen LogP contribution in [0.4, 0.5) is 0 Å². The largest absolute Gasteiger partial charge is 0.311 e. The predicted octanol–water partition coefficient (Wildman–Crippen LogP) is 1.11. The van der Waals surface area contributed by atoms with Gasteiger partial charge in [-0.15, -0.1) is 0 Å².